The molecule has 8 nitrogen and oxygen atoms in total. The lowest BCUT2D eigenvalue weighted by atomic mass is 10.3. The van der Waals surface area contributed by atoms with Crippen molar-refractivity contribution in [3.05, 3.63) is 40.3 Å². The molecule has 0 radical (unpaired) electrons. The molecule has 0 aromatic carbocycles. The third-order valence-corrected chi connectivity index (χ3v) is 3.46. The molecule has 1 aliphatic heterocycles. The molecule has 1 aliphatic rings. The minimum Gasteiger partial charge on any atom is -0.481 e. The lowest BCUT2D eigenvalue weighted by Gasteiger charge is -2.11. The van der Waals surface area contributed by atoms with Crippen LogP contribution in [0.3, 0.4) is 0 Å². The maximum absolute atomic E-state index is 12.2. The smallest absolute Gasteiger partial charge is 0.253 e. The first-order chi connectivity index (χ1) is 10.8. The SMILES string of the molecule is COc1cc(NCc2cc(=O)n3c(n2)CNCCC3)ncn1. The molecule has 3 rings (SSSR count). The quantitative estimate of drug-likeness (QED) is 0.830. The zero-order valence-electron chi connectivity index (χ0n) is 12.4. The highest BCUT2D eigenvalue weighted by Gasteiger charge is 2.11. The van der Waals surface area contributed by atoms with Crippen LogP contribution in [0.1, 0.15) is 17.9 Å². The molecule has 0 unspecified atom stereocenters. The van der Waals surface area contributed by atoms with Gasteiger partial charge in [-0.25, -0.2) is 15.0 Å². The molecule has 0 amide bonds. The molecule has 0 bridgehead atoms. The molecular weight excluding hydrogens is 284 g/mol. The maximum Gasteiger partial charge on any atom is 0.253 e. The molecule has 8 heteroatoms. The van der Waals surface area contributed by atoms with E-state index in [4.69, 9.17) is 4.74 Å². The van der Waals surface area contributed by atoms with E-state index in [0.717, 1.165) is 18.8 Å². The molecule has 0 atom stereocenters. The molecule has 0 fully saturated rings. The lowest BCUT2D eigenvalue weighted by molar-refractivity contribution is 0.397. The first-order valence-corrected chi connectivity index (χ1v) is 7.16. The molecule has 116 valence electrons. The molecule has 0 spiro atoms. The van der Waals surface area contributed by atoms with E-state index in [1.165, 1.54) is 6.33 Å². The number of aromatic nitrogens is 4. The maximum atomic E-state index is 12.2. The molecule has 2 N–H and O–H groups in total. The molecular formula is C14H18N6O2. The highest BCUT2D eigenvalue weighted by atomic mass is 16.5. The average Bonchev–Trinajstić information content (AvgIpc) is 2.79. The summed E-state index contributed by atoms with van der Waals surface area (Å²) in [5, 5.41) is 6.39. The van der Waals surface area contributed by atoms with Crippen LogP contribution in [0.5, 0.6) is 5.88 Å². The second-order valence-electron chi connectivity index (χ2n) is 4.98. The summed E-state index contributed by atoms with van der Waals surface area (Å²) < 4.78 is 6.78. The topological polar surface area (TPSA) is 94.0 Å². The van der Waals surface area contributed by atoms with Gasteiger partial charge in [-0.2, -0.15) is 0 Å². The Balaban J connectivity index is 1.76. The Morgan fingerprint density at radius 3 is 3.18 bits per heavy atom. The summed E-state index contributed by atoms with van der Waals surface area (Å²) in [6, 6.07) is 3.26. The average molecular weight is 302 g/mol. The van der Waals surface area contributed by atoms with Crippen molar-refractivity contribution in [1.29, 1.82) is 0 Å². The zero-order valence-corrected chi connectivity index (χ0v) is 12.4. The van der Waals surface area contributed by atoms with Gasteiger partial charge in [0, 0.05) is 18.7 Å². The number of fused-ring (bicyclic) bond motifs is 1. The van der Waals surface area contributed by atoms with Crippen molar-refractivity contribution in [2.75, 3.05) is 19.0 Å². The summed E-state index contributed by atoms with van der Waals surface area (Å²) in [4.78, 5) is 24.8. The van der Waals surface area contributed by atoms with Gasteiger partial charge in [0.15, 0.2) is 0 Å². The van der Waals surface area contributed by atoms with Gasteiger partial charge in [0.2, 0.25) is 5.88 Å². The van der Waals surface area contributed by atoms with Crippen LogP contribution in [0, 0.1) is 0 Å². The van der Waals surface area contributed by atoms with Gasteiger partial charge in [0.05, 0.1) is 25.9 Å². The van der Waals surface area contributed by atoms with Gasteiger partial charge < -0.3 is 15.4 Å². The monoisotopic (exact) mass is 302 g/mol. The van der Waals surface area contributed by atoms with E-state index < -0.39 is 0 Å². The molecule has 2 aromatic heterocycles. The Morgan fingerprint density at radius 2 is 2.32 bits per heavy atom. The largest absolute Gasteiger partial charge is 0.481 e. The highest BCUT2D eigenvalue weighted by Crippen LogP contribution is 2.11. The second-order valence-corrected chi connectivity index (χ2v) is 4.98. The summed E-state index contributed by atoms with van der Waals surface area (Å²) in [5.74, 6) is 1.89. The second kappa shape index (κ2) is 6.52. The fourth-order valence-electron chi connectivity index (χ4n) is 2.36. The van der Waals surface area contributed by atoms with E-state index in [0.29, 0.717) is 37.0 Å². The molecule has 2 aromatic rings. The van der Waals surface area contributed by atoms with Crippen molar-refractivity contribution in [2.24, 2.45) is 0 Å². The summed E-state index contributed by atoms with van der Waals surface area (Å²) in [5.41, 5.74) is 0.684. The van der Waals surface area contributed by atoms with Gasteiger partial charge in [-0.05, 0) is 13.0 Å². The number of rotatable bonds is 4. The number of anilines is 1. The molecule has 0 saturated carbocycles. The van der Waals surface area contributed by atoms with Gasteiger partial charge in [0.25, 0.3) is 5.56 Å². The fraction of sp³-hybridized carbons (Fsp3) is 0.429. The number of methoxy groups -OCH3 is 1. The van der Waals surface area contributed by atoms with Gasteiger partial charge in [-0.15, -0.1) is 0 Å². The van der Waals surface area contributed by atoms with E-state index in [9.17, 15) is 4.79 Å². The number of nitrogens with zero attached hydrogens (tertiary/aromatic N) is 4. The van der Waals surface area contributed by atoms with E-state index in [1.54, 1.807) is 23.8 Å². The standard InChI is InChI=1S/C14H18N6O2/c1-22-13-6-11(17-9-18-13)16-7-10-5-14(21)20-4-2-3-15-8-12(20)19-10/h5-6,9,15H,2-4,7-8H2,1H3,(H,16,17,18). The van der Waals surface area contributed by atoms with E-state index in [1.807, 2.05) is 0 Å². The van der Waals surface area contributed by atoms with E-state index >= 15 is 0 Å². The Labute approximate surface area is 127 Å². The fourth-order valence-corrected chi connectivity index (χ4v) is 2.36. The van der Waals surface area contributed by atoms with Crippen molar-refractivity contribution in [2.45, 2.75) is 26.1 Å². The Kier molecular flexibility index (Phi) is 4.29. The molecule has 22 heavy (non-hydrogen) atoms. The van der Waals surface area contributed by atoms with Gasteiger partial charge in [-0.1, -0.05) is 0 Å². The normalized spacial score (nSPS) is 14.0. The van der Waals surface area contributed by atoms with E-state index in [-0.39, 0.29) is 5.56 Å². The van der Waals surface area contributed by atoms with Crippen LogP contribution >= 0.6 is 0 Å². The van der Waals surface area contributed by atoms with Crippen LogP contribution in [0.15, 0.2) is 23.3 Å². The molecule has 0 aliphatic carbocycles. The van der Waals surface area contributed by atoms with Crippen molar-refractivity contribution in [3.63, 3.8) is 0 Å². The van der Waals surface area contributed by atoms with Crippen LogP contribution in [-0.2, 0) is 19.6 Å². The van der Waals surface area contributed by atoms with E-state index in [2.05, 4.69) is 25.6 Å². The van der Waals surface area contributed by atoms with Gasteiger partial charge in [-0.3, -0.25) is 9.36 Å². The highest BCUT2D eigenvalue weighted by molar-refractivity contribution is 5.37. The summed E-state index contributed by atoms with van der Waals surface area (Å²) >= 11 is 0. The predicted octanol–water partition coefficient (Wildman–Crippen LogP) is 0.147. The van der Waals surface area contributed by atoms with Gasteiger partial charge >= 0.3 is 0 Å². The number of hydrogen-bond donors (Lipinski definition) is 2. The molecule has 3 heterocycles. The number of hydrogen-bond acceptors (Lipinski definition) is 7. The third kappa shape index (κ3) is 3.22. The van der Waals surface area contributed by atoms with Crippen molar-refractivity contribution >= 4 is 5.82 Å². The first kappa shape index (κ1) is 14.5. The van der Waals surface area contributed by atoms with Gasteiger partial charge in [0.1, 0.15) is 18.0 Å². The lowest BCUT2D eigenvalue weighted by Crippen LogP contribution is -2.26. The minimum absolute atomic E-state index is 0.00855. The number of nitrogens with one attached hydrogen (secondary N) is 2. The van der Waals surface area contributed by atoms with Crippen molar-refractivity contribution < 1.29 is 4.74 Å². The summed E-state index contributed by atoms with van der Waals surface area (Å²) in [7, 11) is 1.55. The first-order valence-electron chi connectivity index (χ1n) is 7.16. The number of ether oxygens (including phenoxy) is 1. The Bertz CT molecular complexity index is 715. The van der Waals surface area contributed by atoms with Crippen LogP contribution in [0.25, 0.3) is 0 Å². The van der Waals surface area contributed by atoms with Crippen LogP contribution in [-0.4, -0.2) is 33.2 Å². The third-order valence-electron chi connectivity index (χ3n) is 3.46. The van der Waals surface area contributed by atoms with Crippen molar-refractivity contribution in [1.82, 2.24) is 24.8 Å². The Morgan fingerprint density at radius 1 is 1.41 bits per heavy atom. The zero-order chi connectivity index (χ0) is 15.4. The molecule has 0 saturated heterocycles. The minimum atomic E-state index is -0.00855. The van der Waals surface area contributed by atoms with Crippen LogP contribution < -0.4 is 20.9 Å². The predicted molar refractivity (Wildman–Crippen MR) is 80.7 cm³/mol. The summed E-state index contributed by atoms with van der Waals surface area (Å²) in [6.45, 7) is 2.65. The Hall–Kier alpha value is -2.48. The van der Waals surface area contributed by atoms with Crippen LogP contribution in [0.4, 0.5) is 5.82 Å². The van der Waals surface area contributed by atoms with Crippen molar-refractivity contribution in [3.8, 4) is 5.88 Å². The van der Waals surface area contributed by atoms with Crippen LogP contribution in [0.2, 0.25) is 0 Å². The summed E-state index contributed by atoms with van der Waals surface area (Å²) in [6.07, 6.45) is 2.36.